The number of hydrogen-bond acceptors (Lipinski definition) is 5. The number of nitrogens with zero attached hydrogens (tertiary/aromatic N) is 2. The molecule has 0 saturated carbocycles. The largest absolute Gasteiger partial charge is 0.489 e. The lowest BCUT2D eigenvalue weighted by atomic mass is 9.87. The highest BCUT2D eigenvalue weighted by Gasteiger charge is 2.40. The zero-order valence-corrected chi connectivity index (χ0v) is 26.6. The molecule has 0 aliphatic carbocycles. The van der Waals surface area contributed by atoms with Crippen LogP contribution < -0.4 is 10.1 Å². The molecular weight excluding hydrogens is 569 g/mol. The van der Waals surface area contributed by atoms with E-state index in [0.29, 0.717) is 36.2 Å². The van der Waals surface area contributed by atoms with Crippen LogP contribution in [-0.4, -0.2) is 46.7 Å². The number of rotatable bonds is 14. The molecule has 7 nitrogen and oxygen atoms in total. The van der Waals surface area contributed by atoms with Crippen LogP contribution in [0.2, 0.25) is 0 Å². The Labute approximate surface area is 265 Å². The second kappa shape index (κ2) is 14.8. The minimum Gasteiger partial charge on any atom is -0.489 e. The maximum Gasteiger partial charge on any atom is 0.255 e. The summed E-state index contributed by atoms with van der Waals surface area (Å²) in [6, 6.07) is 20.1. The molecule has 3 aromatic carbocycles. The molecule has 1 saturated heterocycles. The van der Waals surface area contributed by atoms with Crippen LogP contribution in [0.1, 0.15) is 79.1 Å². The molecule has 3 aromatic rings. The number of nitrogens with one attached hydrogen (secondary N) is 1. The van der Waals surface area contributed by atoms with Crippen LogP contribution in [0.3, 0.4) is 0 Å². The van der Waals surface area contributed by atoms with Gasteiger partial charge in [0.25, 0.3) is 5.91 Å². The monoisotopic (exact) mass is 613 g/mol. The fourth-order valence-corrected chi connectivity index (χ4v) is 6.30. The van der Waals surface area contributed by atoms with Crippen molar-refractivity contribution in [3.63, 3.8) is 0 Å². The second-order valence-electron chi connectivity index (χ2n) is 12.6. The average Bonchev–Trinajstić information content (AvgIpc) is 3.37. The number of imide groups is 1. The average molecular weight is 614 g/mol. The number of piperidine rings is 1. The van der Waals surface area contributed by atoms with E-state index in [-0.39, 0.29) is 30.6 Å². The van der Waals surface area contributed by atoms with Crippen molar-refractivity contribution in [2.24, 2.45) is 11.8 Å². The Hall–Kier alpha value is -4.04. The van der Waals surface area contributed by atoms with E-state index in [9.17, 15) is 18.8 Å². The molecule has 2 aliphatic heterocycles. The van der Waals surface area contributed by atoms with E-state index < -0.39 is 11.9 Å². The SMILES string of the molecule is CCCN(CCC(C)C(C)Cc1ccc(F)cc1)Cc1ccc(COc2cccc3c2CN(C2CCC(=O)NC2=O)C3=O)cc1. The highest BCUT2D eigenvalue weighted by molar-refractivity contribution is 6.05. The van der Waals surface area contributed by atoms with Crippen molar-refractivity contribution in [3.8, 4) is 5.75 Å². The maximum atomic E-state index is 13.3. The zero-order chi connectivity index (χ0) is 31.9. The van der Waals surface area contributed by atoms with Crippen molar-refractivity contribution >= 4 is 17.7 Å². The van der Waals surface area contributed by atoms with Crippen LogP contribution >= 0.6 is 0 Å². The van der Waals surface area contributed by atoms with Crippen molar-refractivity contribution in [2.75, 3.05) is 13.1 Å². The summed E-state index contributed by atoms with van der Waals surface area (Å²) in [5, 5.41) is 2.35. The van der Waals surface area contributed by atoms with Crippen LogP contribution in [0, 0.1) is 17.7 Å². The lowest BCUT2D eigenvalue weighted by molar-refractivity contribution is -0.136. The standard InChI is InChI=1S/C37H44FN3O4/c1-4-19-40(20-18-25(2)26(3)21-27-12-14-30(38)15-13-27)22-28-8-10-29(11-9-28)24-45-34-7-5-6-31-32(34)23-41(37(31)44)33-16-17-35(42)39-36(33)43/h5-15,25-26,33H,4,16-24H2,1-3H3,(H,39,42,43). The van der Waals surface area contributed by atoms with E-state index >= 15 is 0 Å². The minimum atomic E-state index is -0.650. The van der Waals surface area contributed by atoms with E-state index in [1.165, 1.54) is 11.1 Å². The minimum absolute atomic E-state index is 0.188. The molecule has 0 aromatic heterocycles. The summed E-state index contributed by atoms with van der Waals surface area (Å²) in [5.74, 6) is 0.597. The third-order valence-electron chi connectivity index (χ3n) is 9.25. The Bertz CT molecular complexity index is 1490. The number of fused-ring (bicyclic) bond motifs is 1. The summed E-state index contributed by atoms with van der Waals surface area (Å²) in [6.45, 7) is 10.4. The summed E-state index contributed by atoms with van der Waals surface area (Å²) in [5.41, 5.74) is 4.80. The van der Waals surface area contributed by atoms with Crippen molar-refractivity contribution in [3.05, 3.63) is 100 Å². The molecule has 45 heavy (non-hydrogen) atoms. The first-order chi connectivity index (χ1) is 21.7. The first kappa shape index (κ1) is 32.4. The number of hydrogen-bond donors (Lipinski definition) is 1. The summed E-state index contributed by atoms with van der Waals surface area (Å²) in [7, 11) is 0. The van der Waals surface area contributed by atoms with Crippen LogP contribution in [0.5, 0.6) is 5.75 Å². The van der Waals surface area contributed by atoms with E-state index in [0.717, 1.165) is 50.0 Å². The van der Waals surface area contributed by atoms with E-state index in [2.05, 4.69) is 55.3 Å². The van der Waals surface area contributed by atoms with Gasteiger partial charge < -0.3 is 9.64 Å². The molecule has 3 atom stereocenters. The Morgan fingerprint density at radius 3 is 2.36 bits per heavy atom. The Morgan fingerprint density at radius 1 is 0.933 bits per heavy atom. The van der Waals surface area contributed by atoms with Crippen LogP contribution in [0.4, 0.5) is 4.39 Å². The number of halogens is 1. The van der Waals surface area contributed by atoms with Crippen molar-refractivity contribution < 1.29 is 23.5 Å². The summed E-state index contributed by atoms with van der Waals surface area (Å²) < 4.78 is 19.5. The van der Waals surface area contributed by atoms with Gasteiger partial charge in [-0.25, -0.2) is 4.39 Å². The molecule has 0 spiro atoms. The Morgan fingerprint density at radius 2 is 1.64 bits per heavy atom. The topological polar surface area (TPSA) is 79.0 Å². The summed E-state index contributed by atoms with van der Waals surface area (Å²) in [4.78, 5) is 41.2. The quantitative estimate of drug-likeness (QED) is 0.217. The predicted octanol–water partition coefficient (Wildman–Crippen LogP) is 6.28. The van der Waals surface area contributed by atoms with Crippen LogP contribution in [0.15, 0.2) is 66.7 Å². The molecular formula is C37H44FN3O4. The van der Waals surface area contributed by atoms with Gasteiger partial charge in [-0.1, -0.05) is 63.2 Å². The number of ether oxygens (including phenoxy) is 1. The van der Waals surface area contributed by atoms with E-state index in [4.69, 9.17) is 4.74 Å². The molecule has 5 rings (SSSR count). The smallest absolute Gasteiger partial charge is 0.255 e. The molecule has 2 aliphatic rings. The molecule has 1 fully saturated rings. The fraction of sp³-hybridized carbons (Fsp3) is 0.432. The normalized spacial score (nSPS) is 17.8. The second-order valence-corrected chi connectivity index (χ2v) is 12.6. The lowest BCUT2D eigenvalue weighted by Crippen LogP contribution is -2.52. The van der Waals surface area contributed by atoms with E-state index in [1.807, 2.05) is 18.2 Å². The van der Waals surface area contributed by atoms with Crippen molar-refractivity contribution in [1.82, 2.24) is 15.1 Å². The number of carbonyl (C=O) groups is 3. The van der Waals surface area contributed by atoms with Gasteiger partial charge in [0.2, 0.25) is 11.8 Å². The van der Waals surface area contributed by atoms with E-state index in [1.54, 1.807) is 29.2 Å². The van der Waals surface area contributed by atoms with Crippen LogP contribution in [0.25, 0.3) is 0 Å². The molecule has 0 bridgehead atoms. The van der Waals surface area contributed by atoms with Gasteiger partial charge in [-0.3, -0.25) is 24.6 Å². The summed E-state index contributed by atoms with van der Waals surface area (Å²) >= 11 is 0. The van der Waals surface area contributed by atoms with Gasteiger partial charge in [-0.15, -0.1) is 0 Å². The van der Waals surface area contributed by atoms with Gasteiger partial charge in [0.1, 0.15) is 24.2 Å². The molecule has 1 N–H and O–H groups in total. The maximum absolute atomic E-state index is 13.3. The van der Waals surface area contributed by atoms with Gasteiger partial charge in [0.15, 0.2) is 0 Å². The number of amides is 3. The number of carbonyl (C=O) groups excluding carboxylic acids is 3. The molecule has 3 amide bonds. The third-order valence-corrected chi connectivity index (χ3v) is 9.25. The Balaban J connectivity index is 1.13. The first-order valence-electron chi connectivity index (χ1n) is 16.2. The van der Waals surface area contributed by atoms with Gasteiger partial charge in [-0.05, 0) is 91.6 Å². The zero-order valence-electron chi connectivity index (χ0n) is 26.6. The fourth-order valence-electron chi connectivity index (χ4n) is 6.30. The third kappa shape index (κ3) is 8.17. The van der Waals surface area contributed by atoms with Gasteiger partial charge in [0.05, 0.1) is 6.54 Å². The van der Waals surface area contributed by atoms with Gasteiger partial charge >= 0.3 is 0 Å². The Kier molecular flexibility index (Phi) is 10.7. The molecule has 238 valence electrons. The highest BCUT2D eigenvalue weighted by atomic mass is 19.1. The molecule has 8 heteroatoms. The van der Waals surface area contributed by atoms with Gasteiger partial charge in [-0.2, -0.15) is 0 Å². The van der Waals surface area contributed by atoms with Crippen molar-refractivity contribution in [1.29, 1.82) is 0 Å². The molecule has 3 unspecified atom stereocenters. The number of benzene rings is 3. The summed E-state index contributed by atoms with van der Waals surface area (Å²) in [6.07, 6.45) is 3.72. The first-order valence-corrected chi connectivity index (χ1v) is 16.2. The van der Waals surface area contributed by atoms with Crippen molar-refractivity contribution in [2.45, 2.75) is 78.6 Å². The molecule has 2 heterocycles. The molecule has 0 radical (unpaired) electrons. The lowest BCUT2D eigenvalue weighted by Gasteiger charge is -2.29. The highest BCUT2D eigenvalue weighted by Crippen LogP contribution is 2.34. The van der Waals surface area contributed by atoms with Gasteiger partial charge in [0, 0.05) is 24.1 Å². The van der Waals surface area contributed by atoms with Crippen LogP contribution in [-0.2, 0) is 35.7 Å². The predicted molar refractivity (Wildman–Crippen MR) is 172 cm³/mol.